The SMILES string of the molecule is O=C(CCl)N(CC1COCO1)c1ccccc1. The van der Waals surface area contributed by atoms with Crippen LogP contribution < -0.4 is 4.90 Å². The number of amides is 1. The number of carbonyl (C=O) groups is 1. The second-order valence-corrected chi connectivity index (χ2v) is 4.02. The second kappa shape index (κ2) is 6.00. The molecule has 0 radical (unpaired) electrons. The van der Waals surface area contributed by atoms with Crippen LogP contribution in [0.4, 0.5) is 5.69 Å². The third-order valence-electron chi connectivity index (χ3n) is 2.56. The first kappa shape index (κ1) is 12.4. The van der Waals surface area contributed by atoms with E-state index >= 15 is 0 Å². The molecule has 2 rings (SSSR count). The molecule has 0 N–H and O–H groups in total. The molecule has 0 saturated carbocycles. The van der Waals surface area contributed by atoms with Gasteiger partial charge in [-0.3, -0.25) is 4.79 Å². The first-order chi connectivity index (χ1) is 8.31. The molecular formula is C12H14ClNO3. The van der Waals surface area contributed by atoms with Crippen molar-refractivity contribution in [2.24, 2.45) is 0 Å². The molecule has 1 aromatic carbocycles. The van der Waals surface area contributed by atoms with Gasteiger partial charge in [-0.2, -0.15) is 0 Å². The molecule has 4 nitrogen and oxygen atoms in total. The van der Waals surface area contributed by atoms with Gasteiger partial charge >= 0.3 is 0 Å². The van der Waals surface area contributed by atoms with E-state index in [4.69, 9.17) is 21.1 Å². The van der Waals surface area contributed by atoms with Crippen molar-refractivity contribution in [1.29, 1.82) is 0 Å². The van der Waals surface area contributed by atoms with Gasteiger partial charge in [-0.05, 0) is 12.1 Å². The minimum atomic E-state index is -0.131. The highest BCUT2D eigenvalue weighted by Crippen LogP contribution is 2.16. The lowest BCUT2D eigenvalue weighted by Crippen LogP contribution is -2.39. The van der Waals surface area contributed by atoms with E-state index in [1.54, 1.807) is 4.90 Å². The molecule has 92 valence electrons. The Labute approximate surface area is 105 Å². The van der Waals surface area contributed by atoms with Crippen molar-refractivity contribution >= 4 is 23.2 Å². The molecule has 1 aliphatic heterocycles. The summed E-state index contributed by atoms with van der Waals surface area (Å²) in [6.45, 7) is 1.27. The predicted molar refractivity (Wildman–Crippen MR) is 65.2 cm³/mol. The average molecular weight is 256 g/mol. The summed E-state index contributed by atoms with van der Waals surface area (Å²) < 4.78 is 10.5. The maximum absolute atomic E-state index is 11.8. The van der Waals surface area contributed by atoms with Gasteiger partial charge in [0, 0.05) is 5.69 Å². The highest BCUT2D eigenvalue weighted by atomic mass is 35.5. The van der Waals surface area contributed by atoms with Crippen molar-refractivity contribution in [3.8, 4) is 0 Å². The Morgan fingerprint density at radius 2 is 2.18 bits per heavy atom. The maximum atomic E-state index is 11.8. The topological polar surface area (TPSA) is 38.8 Å². The van der Waals surface area contributed by atoms with Gasteiger partial charge in [0.25, 0.3) is 0 Å². The summed E-state index contributed by atoms with van der Waals surface area (Å²) in [6, 6.07) is 9.42. The van der Waals surface area contributed by atoms with Gasteiger partial charge in [0.2, 0.25) is 5.91 Å². The molecule has 0 spiro atoms. The minimum absolute atomic E-state index is 0.0392. The summed E-state index contributed by atoms with van der Waals surface area (Å²) >= 11 is 5.62. The Hall–Kier alpha value is -1.10. The zero-order chi connectivity index (χ0) is 12.1. The van der Waals surface area contributed by atoms with Crippen molar-refractivity contribution in [3.05, 3.63) is 30.3 Å². The highest BCUT2D eigenvalue weighted by Gasteiger charge is 2.23. The zero-order valence-corrected chi connectivity index (χ0v) is 10.1. The monoisotopic (exact) mass is 255 g/mol. The quantitative estimate of drug-likeness (QED) is 0.768. The third-order valence-corrected chi connectivity index (χ3v) is 2.79. The summed E-state index contributed by atoms with van der Waals surface area (Å²) in [5.74, 6) is -0.170. The van der Waals surface area contributed by atoms with Crippen LogP contribution >= 0.6 is 11.6 Å². The number of hydrogen-bond donors (Lipinski definition) is 0. The van der Waals surface area contributed by atoms with Crippen LogP contribution in [0.2, 0.25) is 0 Å². The van der Waals surface area contributed by atoms with Gasteiger partial charge in [-0.1, -0.05) is 18.2 Å². The van der Waals surface area contributed by atoms with Gasteiger partial charge in [-0.15, -0.1) is 11.6 Å². The molecule has 1 unspecified atom stereocenters. The molecule has 0 bridgehead atoms. The molecular weight excluding hydrogens is 242 g/mol. The predicted octanol–water partition coefficient (Wildman–Crippen LogP) is 1.63. The Morgan fingerprint density at radius 1 is 1.41 bits per heavy atom. The number of carbonyl (C=O) groups excluding carboxylic acids is 1. The number of halogens is 1. The smallest absolute Gasteiger partial charge is 0.241 e. The largest absolute Gasteiger partial charge is 0.353 e. The lowest BCUT2D eigenvalue weighted by atomic mass is 10.2. The van der Waals surface area contributed by atoms with E-state index in [1.807, 2.05) is 30.3 Å². The van der Waals surface area contributed by atoms with Crippen molar-refractivity contribution < 1.29 is 14.3 Å². The molecule has 1 atom stereocenters. The normalized spacial score (nSPS) is 19.2. The van der Waals surface area contributed by atoms with Gasteiger partial charge < -0.3 is 14.4 Å². The maximum Gasteiger partial charge on any atom is 0.241 e. The van der Waals surface area contributed by atoms with Crippen LogP contribution in [0.1, 0.15) is 0 Å². The molecule has 1 aliphatic rings. The molecule has 5 heteroatoms. The van der Waals surface area contributed by atoms with Crippen molar-refractivity contribution in [3.63, 3.8) is 0 Å². The lowest BCUT2D eigenvalue weighted by Gasteiger charge is -2.24. The Balaban J connectivity index is 2.10. The molecule has 0 aromatic heterocycles. The Kier molecular flexibility index (Phi) is 4.36. The average Bonchev–Trinajstić information content (AvgIpc) is 2.89. The molecule has 1 saturated heterocycles. The highest BCUT2D eigenvalue weighted by molar-refractivity contribution is 6.29. The number of hydrogen-bond acceptors (Lipinski definition) is 3. The van der Waals surface area contributed by atoms with E-state index in [9.17, 15) is 4.79 Å². The van der Waals surface area contributed by atoms with Crippen LogP contribution in [-0.2, 0) is 14.3 Å². The zero-order valence-electron chi connectivity index (χ0n) is 9.34. The number of anilines is 1. The number of ether oxygens (including phenoxy) is 2. The van der Waals surface area contributed by atoms with Gasteiger partial charge in [0.1, 0.15) is 18.8 Å². The number of rotatable bonds is 4. The van der Waals surface area contributed by atoms with E-state index in [0.29, 0.717) is 19.9 Å². The van der Waals surface area contributed by atoms with Crippen molar-refractivity contribution in [1.82, 2.24) is 0 Å². The molecule has 1 heterocycles. The lowest BCUT2D eigenvalue weighted by molar-refractivity contribution is -0.116. The summed E-state index contributed by atoms with van der Waals surface area (Å²) in [4.78, 5) is 13.4. The molecule has 1 fully saturated rings. The minimum Gasteiger partial charge on any atom is -0.353 e. The van der Waals surface area contributed by atoms with E-state index in [0.717, 1.165) is 5.69 Å². The van der Waals surface area contributed by atoms with Crippen LogP contribution in [-0.4, -0.2) is 37.8 Å². The summed E-state index contributed by atoms with van der Waals surface area (Å²) in [5, 5.41) is 0. The van der Waals surface area contributed by atoms with Crippen LogP contribution in [0.5, 0.6) is 0 Å². The number of alkyl halides is 1. The fourth-order valence-electron chi connectivity index (χ4n) is 1.71. The van der Waals surface area contributed by atoms with Crippen LogP contribution in [0.25, 0.3) is 0 Å². The van der Waals surface area contributed by atoms with Gasteiger partial charge in [-0.25, -0.2) is 0 Å². The van der Waals surface area contributed by atoms with Gasteiger partial charge in [0.05, 0.1) is 13.2 Å². The summed E-state index contributed by atoms with van der Waals surface area (Å²) in [6.07, 6.45) is -0.0811. The van der Waals surface area contributed by atoms with E-state index in [2.05, 4.69) is 0 Å². The number of para-hydroxylation sites is 1. The first-order valence-electron chi connectivity index (χ1n) is 5.42. The van der Waals surface area contributed by atoms with Crippen LogP contribution in [0.3, 0.4) is 0 Å². The Morgan fingerprint density at radius 3 is 2.76 bits per heavy atom. The third kappa shape index (κ3) is 3.19. The fourth-order valence-corrected chi connectivity index (χ4v) is 1.86. The van der Waals surface area contributed by atoms with Crippen LogP contribution in [0, 0.1) is 0 Å². The van der Waals surface area contributed by atoms with Gasteiger partial charge in [0.15, 0.2) is 0 Å². The first-order valence-corrected chi connectivity index (χ1v) is 5.95. The fraction of sp³-hybridized carbons (Fsp3) is 0.417. The standard InChI is InChI=1S/C12H14ClNO3/c13-6-12(15)14(7-11-8-16-9-17-11)10-4-2-1-3-5-10/h1-5,11H,6-9H2. The van der Waals surface area contributed by atoms with Crippen molar-refractivity contribution in [2.75, 3.05) is 30.7 Å². The Bertz CT molecular complexity index is 365. The molecule has 1 amide bonds. The molecule has 0 aliphatic carbocycles. The van der Waals surface area contributed by atoms with E-state index in [1.165, 1.54) is 0 Å². The van der Waals surface area contributed by atoms with E-state index in [-0.39, 0.29) is 17.9 Å². The molecule has 1 aromatic rings. The van der Waals surface area contributed by atoms with Crippen molar-refractivity contribution in [2.45, 2.75) is 6.10 Å². The number of benzene rings is 1. The van der Waals surface area contributed by atoms with E-state index < -0.39 is 0 Å². The van der Waals surface area contributed by atoms with Crippen LogP contribution in [0.15, 0.2) is 30.3 Å². The number of nitrogens with zero attached hydrogens (tertiary/aromatic N) is 1. The second-order valence-electron chi connectivity index (χ2n) is 3.75. The summed E-state index contributed by atoms with van der Waals surface area (Å²) in [7, 11) is 0. The summed E-state index contributed by atoms with van der Waals surface area (Å²) in [5.41, 5.74) is 0.827. The molecule has 17 heavy (non-hydrogen) atoms.